The molecule has 0 saturated carbocycles. The van der Waals surface area contributed by atoms with Gasteiger partial charge in [0.1, 0.15) is 0 Å². The lowest BCUT2D eigenvalue weighted by atomic mass is 10.3. The molecule has 0 saturated heterocycles. The summed E-state index contributed by atoms with van der Waals surface area (Å²) in [6, 6.07) is 0.320. The summed E-state index contributed by atoms with van der Waals surface area (Å²) in [4.78, 5) is 15.5. The highest BCUT2D eigenvalue weighted by molar-refractivity contribution is 14.1. The molecule has 5 nitrogen and oxygen atoms in total. The maximum atomic E-state index is 11.6. The molecular weight excluding hydrogens is 321 g/mol. The van der Waals surface area contributed by atoms with Gasteiger partial charge in [-0.15, -0.1) is 0 Å². The van der Waals surface area contributed by atoms with Crippen molar-refractivity contribution >= 4 is 22.6 Å². The summed E-state index contributed by atoms with van der Waals surface area (Å²) in [6.07, 6.45) is 2.38. The number of nitrogens with one attached hydrogen (secondary N) is 1. The van der Waals surface area contributed by atoms with E-state index in [-0.39, 0.29) is 12.1 Å². The summed E-state index contributed by atoms with van der Waals surface area (Å²) in [6.45, 7) is 4.75. The first-order chi connectivity index (χ1) is 7.50. The Bertz CT molecular complexity index is 392. The molecule has 1 aromatic heterocycles. The van der Waals surface area contributed by atoms with E-state index in [9.17, 15) is 9.90 Å². The van der Waals surface area contributed by atoms with Gasteiger partial charge in [-0.05, 0) is 22.6 Å². The summed E-state index contributed by atoms with van der Waals surface area (Å²) >= 11 is 1.94. The van der Waals surface area contributed by atoms with Crippen molar-refractivity contribution in [3.8, 4) is 0 Å². The van der Waals surface area contributed by atoms with Crippen molar-refractivity contribution in [1.82, 2.24) is 14.9 Å². The van der Waals surface area contributed by atoms with Crippen LogP contribution in [-0.2, 0) is 6.54 Å². The highest BCUT2D eigenvalue weighted by Crippen LogP contribution is 1.94. The summed E-state index contributed by atoms with van der Waals surface area (Å²) < 4.78 is 1.98. The molecule has 0 fully saturated rings. The molecule has 0 aliphatic carbocycles. The Hall–Kier alpha value is -0.470. The predicted octanol–water partition coefficient (Wildman–Crippen LogP) is 0.207. The van der Waals surface area contributed by atoms with E-state index in [1.54, 1.807) is 0 Å². The average molecular weight is 337 g/mol. The van der Waals surface area contributed by atoms with Gasteiger partial charge in [0.15, 0.2) is 0 Å². The van der Waals surface area contributed by atoms with E-state index in [4.69, 9.17) is 0 Å². The van der Waals surface area contributed by atoms with E-state index in [1.165, 1.54) is 17.1 Å². The van der Waals surface area contributed by atoms with Crippen LogP contribution in [0, 0.1) is 3.57 Å². The summed E-state index contributed by atoms with van der Waals surface area (Å²) in [7, 11) is 0. The van der Waals surface area contributed by atoms with Gasteiger partial charge in [-0.25, -0.2) is 4.98 Å². The lowest BCUT2D eigenvalue weighted by molar-refractivity contribution is 0.147. The monoisotopic (exact) mass is 337 g/mol. The van der Waals surface area contributed by atoms with Gasteiger partial charge >= 0.3 is 0 Å². The Morgan fingerprint density at radius 1 is 1.62 bits per heavy atom. The van der Waals surface area contributed by atoms with Gasteiger partial charge in [0.2, 0.25) is 0 Å². The number of nitrogens with zero attached hydrogens (tertiary/aromatic N) is 2. The second-order valence-electron chi connectivity index (χ2n) is 3.92. The van der Waals surface area contributed by atoms with Crippen molar-refractivity contribution < 1.29 is 5.11 Å². The maximum absolute atomic E-state index is 11.6. The van der Waals surface area contributed by atoms with E-state index >= 15 is 0 Å². The minimum Gasteiger partial charge on any atom is -0.390 e. The Kier molecular flexibility index (Phi) is 5.36. The van der Waals surface area contributed by atoms with E-state index < -0.39 is 6.10 Å². The van der Waals surface area contributed by atoms with Gasteiger partial charge in [-0.1, -0.05) is 13.8 Å². The molecule has 0 spiro atoms. The number of rotatable bonds is 5. The number of halogens is 1. The zero-order chi connectivity index (χ0) is 12.1. The quantitative estimate of drug-likeness (QED) is 0.754. The molecule has 0 aromatic carbocycles. The minimum absolute atomic E-state index is 0.112. The normalized spacial score (nSPS) is 13.1. The highest BCUT2D eigenvalue weighted by Gasteiger charge is 2.08. The first-order valence-electron chi connectivity index (χ1n) is 5.12. The molecule has 1 atom stereocenters. The van der Waals surface area contributed by atoms with Gasteiger partial charge in [0, 0.05) is 18.8 Å². The maximum Gasteiger partial charge on any atom is 0.266 e. The first-order valence-corrected chi connectivity index (χ1v) is 6.20. The highest BCUT2D eigenvalue weighted by atomic mass is 127. The van der Waals surface area contributed by atoms with Crippen LogP contribution in [0.5, 0.6) is 0 Å². The van der Waals surface area contributed by atoms with Gasteiger partial charge in [-0.3, -0.25) is 9.36 Å². The van der Waals surface area contributed by atoms with Crippen molar-refractivity contribution in [3.63, 3.8) is 0 Å². The summed E-state index contributed by atoms with van der Waals surface area (Å²) in [5.74, 6) is 0. The molecule has 90 valence electrons. The molecule has 16 heavy (non-hydrogen) atoms. The fourth-order valence-electron chi connectivity index (χ4n) is 1.22. The predicted molar refractivity (Wildman–Crippen MR) is 70.4 cm³/mol. The molecule has 1 aromatic rings. The van der Waals surface area contributed by atoms with E-state index in [0.717, 1.165) is 0 Å². The number of hydrogen-bond donors (Lipinski definition) is 2. The number of aromatic nitrogens is 2. The molecule has 0 bridgehead atoms. The molecule has 0 aliphatic heterocycles. The summed E-state index contributed by atoms with van der Waals surface area (Å²) in [5.41, 5.74) is -0.112. The van der Waals surface area contributed by atoms with Crippen LogP contribution in [0.2, 0.25) is 0 Å². The Balaban J connectivity index is 2.59. The molecule has 0 amide bonds. The zero-order valence-electron chi connectivity index (χ0n) is 9.35. The Labute approximate surface area is 108 Å². The molecule has 0 radical (unpaired) electrons. The second-order valence-corrected chi connectivity index (χ2v) is 5.08. The lowest BCUT2D eigenvalue weighted by Gasteiger charge is -2.15. The van der Waals surface area contributed by atoms with Gasteiger partial charge < -0.3 is 10.4 Å². The fraction of sp³-hybridized carbons (Fsp3) is 0.600. The van der Waals surface area contributed by atoms with Crippen LogP contribution in [0.15, 0.2) is 17.3 Å². The molecule has 2 N–H and O–H groups in total. The zero-order valence-corrected chi connectivity index (χ0v) is 11.5. The molecule has 1 heterocycles. The topological polar surface area (TPSA) is 67.2 Å². The van der Waals surface area contributed by atoms with Crippen LogP contribution >= 0.6 is 22.6 Å². The van der Waals surface area contributed by atoms with Crippen LogP contribution < -0.4 is 10.9 Å². The third-order valence-electron chi connectivity index (χ3n) is 2.03. The Morgan fingerprint density at radius 2 is 2.31 bits per heavy atom. The van der Waals surface area contributed by atoms with E-state index in [2.05, 4.69) is 10.3 Å². The van der Waals surface area contributed by atoms with Crippen molar-refractivity contribution in [3.05, 3.63) is 26.4 Å². The SMILES string of the molecule is CC(C)NCC(O)Cn1cncc(I)c1=O. The molecular formula is C10H16IN3O2. The van der Waals surface area contributed by atoms with Gasteiger partial charge in [0.25, 0.3) is 5.56 Å². The Morgan fingerprint density at radius 3 is 2.94 bits per heavy atom. The molecule has 6 heteroatoms. The van der Waals surface area contributed by atoms with E-state index in [1.807, 2.05) is 36.4 Å². The molecule has 1 unspecified atom stereocenters. The van der Waals surface area contributed by atoms with Crippen LogP contribution in [0.25, 0.3) is 0 Å². The summed E-state index contributed by atoms with van der Waals surface area (Å²) in [5, 5.41) is 12.8. The van der Waals surface area contributed by atoms with E-state index in [0.29, 0.717) is 16.2 Å². The van der Waals surface area contributed by atoms with Crippen molar-refractivity contribution in [2.75, 3.05) is 6.54 Å². The molecule has 1 rings (SSSR count). The minimum atomic E-state index is -0.583. The lowest BCUT2D eigenvalue weighted by Crippen LogP contribution is -2.37. The fourth-order valence-corrected chi connectivity index (χ4v) is 1.69. The first kappa shape index (κ1) is 13.6. The number of aliphatic hydroxyl groups is 1. The molecule has 0 aliphatic rings. The van der Waals surface area contributed by atoms with Crippen LogP contribution in [-0.4, -0.2) is 33.3 Å². The van der Waals surface area contributed by atoms with Crippen molar-refractivity contribution in [2.45, 2.75) is 32.5 Å². The number of aliphatic hydroxyl groups excluding tert-OH is 1. The van der Waals surface area contributed by atoms with Crippen LogP contribution in [0.3, 0.4) is 0 Å². The van der Waals surface area contributed by atoms with Crippen LogP contribution in [0.4, 0.5) is 0 Å². The average Bonchev–Trinajstić information content (AvgIpc) is 2.22. The van der Waals surface area contributed by atoms with Gasteiger partial charge in [-0.2, -0.15) is 0 Å². The standard InChI is InChI=1S/C10H16IN3O2/c1-7(2)13-3-8(15)5-14-6-12-4-9(11)10(14)16/h4,6-8,13,15H,3,5H2,1-2H3. The second kappa shape index (κ2) is 6.31. The number of hydrogen-bond acceptors (Lipinski definition) is 4. The van der Waals surface area contributed by atoms with Crippen molar-refractivity contribution in [2.24, 2.45) is 0 Å². The third-order valence-corrected chi connectivity index (χ3v) is 2.77. The third kappa shape index (κ3) is 4.18. The smallest absolute Gasteiger partial charge is 0.266 e. The van der Waals surface area contributed by atoms with Crippen molar-refractivity contribution in [1.29, 1.82) is 0 Å². The largest absolute Gasteiger partial charge is 0.390 e. The van der Waals surface area contributed by atoms with Gasteiger partial charge in [0.05, 0.1) is 22.5 Å². The van der Waals surface area contributed by atoms with Crippen LogP contribution in [0.1, 0.15) is 13.8 Å².